The number of carbonyl (C=O) groups is 1. The van der Waals surface area contributed by atoms with Crippen LogP contribution in [-0.4, -0.2) is 34.8 Å². The number of fused-ring (bicyclic) bond motifs is 1. The van der Waals surface area contributed by atoms with E-state index in [-0.39, 0.29) is 17.5 Å². The van der Waals surface area contributed by atoms with Crippen molar-refractivity contribution in [2.75, 3.05) is 18.0 Å². The summed E-state index contributed by atoms with van der Waals surface area (Å²) in [6.07, 6.45) is 1.94. The second kappa shape index (κ2) is 7.95. The van der Waals surface area contributed by atoms with Gasteiger partial charge in [0.15, 0.2) is 0 Å². The third-order valence-electron chi connectivity index (χ3n) is 4.84. The molecule has 0 aromatic carbocycles. The van der Waals surface area contributed by atoms with E-state index in [0.717, 1.165) is 12.1 Å². The zero-order valence-corrected chi connectivity index (χ0v) is 17.9. The summed E-state index contributed by atoms with van der Waals surface area (Å²) in [5.41, 5.74) is 2.00. The van der Waals surface area contributed by atoms with Gasteiger partial charge < -0.3 is 19.9 Å². The Morgan fingerprint density at radius 1 is 1.43 bits per heavy atom. The Kier molecular flexibility index (Phi) is 5.79. The Bertz CT molecular complexity index is 899. The maximum Gasteiger partial charge on any atom is 0.407 e. The van der Waals surface area contributed by atoms with E-state index >= 15 is 0 Å². The summed E-state index contributed by atoms with van der Waals surface area (Å²) < 4.78 is 5.31. The maximum absolute atomic E-state index is 12.6. The lowest BCUT2D eigenvalue weighted by atomic mass is 9.97. The number of H-pyrrole nitrogens is 1. The summed E-state index contributed by atoms with van der Waals surface area (Å²) in [6, 6.07) is 2.17. The third-order valence-corrected chi connectivity index (χ3v) is 5.87. The fourth-order valence-corrected chi connectivity index (χ4v) is 4.90. The van der Waals surface area contributed by atoms with Gasteiger partial charge in [-0.1, -0.05) is 13.8 Å². The van der Waals surface area contributed by atoms with Gasteiger partial charge in [0.2, 0.25) is 0 Å². The average Bonchev–Trinajstić information content (AvgIpc) is 3.17. The molecule has 3 heterocycles. The Balaban J connectivity index is 1.85. The number of aromatic nitrogens is 2. The van der Waals surface area contributed by atoms with Crippen LogP contribution in [-0.2, 0) is 11.2 Å². The van der Waals surface area contributed by atoms with Crippen LogP contribution in [0.3, 0.4) is 0 Å². The van der Waals surface area contributed by atoms with Crippen LogP contribution < -0.4 is 15.8 Å². The van der Waals surface area contributed by atoms with E-state index in [0.29, 0.717) is 18.8 Å². The van der Waals surface area contributed by atoms with Crippen molar-refractivity contribution < 1.29 is 9.53 Å². The van der Waals surface area contributed by atoms with Crippen molar-refractivity contribution in [1.29, 1.82) is 0 Å². The monoisotopic (exact) mass is 404 g/mol. The molecule has 0 aliphatic carbocycles. The summed E-state index contributed by atoms with van der Waals surface area (Å²) in [7, 11) is 0. The largest absolute Gasteiger partial charge is 0.444 e. The number of nitrogens with zero attached hydrogens (tertiary/aromatic N) is 2. The van der Waals surface area contributed by atoms with Crippen LogP contribution >= 0.6 is 11.3 Å². The highest BCUT2D eigenvalue weighted by atomic mass is 32.1. The second-order valence-electron chi connectivity index (χ2n) is 7.98. The first-order valence-corrected chi connectivity index (χ1v) is 10.5. The SMILES string of the molecule is CCc1ccsc1C1C(C)c2nc[nH]c(=O)c2N1CCNC(=O)OC(C)(C)C. The molecule has 2 aromatic heterocycles. The van der Waals surface area contributed by atoms with Crippen LogP contribution in [0, 0.1) is 0 Å². The van der Waals surface area contributed by atoms with Crippen LogP contribution in [0.5, 0.6) is 0 Å². The quantitative estimate of drug-likeness (QED) is 0.795. The predicted molar refractivity (Wildman–Crippen MR) is 111 cm³/mol. The zero-order chi connectivity index (χ0) is 20.5. The van der Waals surface area contributed by atoms with Crippen molar-refractivity contribution in [3.8, 4) is 0 Å². The molecule has 28 heavy (non-hydrogen) atoms. The van der Waals surface area contributed by atoms with Gasteiger partial charge in [-0.15, -0.1) is 11.3 Å². The number of nitrogens with one attached hydrogen (secondary N) is 2. The third kappa shape index (κ3) is 4.06. The zero-order valence-electron chi connectivity index (χ0n) is 17.0. The van der Waals surface area contributed by atoms with Crippen LogP contribution in [0.2, 0.25) is 0 Å². The first-order chi connectivity index (χ1) is 13.2. The topological polar surface area (TPSA) is 87.3 Å². The van der Waals surface area contributed by atoms with E-state index in [1.807, 2.05) is 20.8 Å². The smallest absolute Gasteiger partial charge is 0.407 e. The molecular formula is C20H28N4O3S. The molecule has 0 saturated heterocycles. The molecule has 3 rings (SSSR count). The summed E-state index contributed by atoms with van der Waals surface area (Å²) in [5.74, 6) is 0.0859. The van der Waals surface area contributed by atoms with Crippen molar-refractivity contribution in [2.24, 2.45) is 0 Å². The molecular weight excluding hydrogens is 376 g/mol. The van der Waals surface area contributed by atoms with Crippen molar-refractivity contribution >= 4 is 23.1 Å². The number of thiophene rings is 1. The number of aryl methyl sites for hydroxylation is 1. The number of aromatic amines is 1. The minimum absolute atomic E-state index is 0.0291. The van der Waals surface area contributed by atoms with Gasteiger partial charge in [-0.25, -0.2) is 9.78 Å². The van der Waals surface area contributed by atoms with Crippen LogP contribution in [0.1, 0.15) is 62.7 Å². The van der Waals surface area contributed by atoms with E-state index in [1.165, 1.54) is 16.8 Å². The number of hydrogen-bond donors (Lipinski definition) is 2. The Labute approximate surface area is 169 Å². The van der Waals surface area contributed by atoms with E-state index in [4.69, 9.17) is 4.74 Å². The number of ether oxygens (including phenoxy) is 1. The Morgan fingerprint density at radius 2 is 2.18 bits per heavy atom. The normalized spacial score (nSPS) is 18.8. The molecule has 2 atom stereocenters. The molecule has 7 nitrogen and oxygen atoms in total. The molecule has 2 N–H and O–H groups in total. The standard InChI is InChI=1S/C20H28N4O3S/c1-6-13-7-10-28-17(13)15-12(2)14-16(18(25)23-11-22-14)24(15)9-8-21-19(26)27-20(3,4)5/h7,10-12,15H,6,8-9H2,1-5H3,(H,21,26)(H,22,23,25). The summed E-state index contributed by atoms with van der Waals surface area (Å²) >= 11 is 1.71. The second-order valence-corrected chi connectivity index (χ2v) is 8.93. The van der Waals surface area contributed by atoms with Crippen LogP contribution in [0.15, 0.2) is 22.6 Å². The highest BCUT2D eigenvalue weighted by Crippen LogP contribution is 2.48. The molecule has 1 amide bonds. The number of amides is 1. The van der Waals surface area contributed by atoms with E-state index in [2.05, 4.69) is 45.5 Å². The van der Waals surface area contributed by atoms with Gasteiger partial charge in [0, 0.05) is 23.9 Å². The molecule has 1 aliphatic rings. The lowest BCUT2D eigenvalue weighted by Crippen LogP contribution is -2.39. The minimum Gasteiger partial charge on any atom is -0.444 e. The van der Waals surface area contributed by atoms with E-state index < -0.39 is 11.7 Å². The molecule has 152 valence electrons. The van der Waals surface area contributed by atoms with Gasteiger partial charge in [-0.05, 0) is 44.2 Å². The lowest BCUT2D eigenvalue weighted by molar-refractivity contribution is 0.0529. The van der Waals surface area contributed by atoms with Gasteiger partial charge in [-0.3, -0.25) is 4.79 Å². The predicted octanol–water partition coefficient (Wildman–Crippen LogP) is 3.58. The number of alkyl carbamates (subject to hydrolysis) is 1. The summed E-state index contributed by atoms with van der Waals surface area (Å²) in [5, 5.41) is 4.89. The fourth-order valence-electron chi connectivity index (χ4n) is 3.69. The number of carbonyl (C=O) groups excluding carboxylic acids is 1. The maximum atomic E-state index is 12.6. The van der Waals surface area contributed by atoms with Crippen molar-refractivity contribution in [3.05, 3.63) is 44.3 Å². The lowest BCUT2D eigenvalue weighted by Gasteiger charge is -2.29. The number of anilines is 1. The Morgan fingerprint density at radius 3 is 2.86 bits per heavy atom. The Hall–Kier alpha value is -2.35. The molecule has 0 bridgehead atoms. The molecule has 0 fully saturated rings. The number of hydrogen-bond acceptors (Lipinski definition) is 6. The number of rotatable bonds is 5. The highest BCUT2D eigenvalue weighted by molar-refractivity contribution is 7.10. The van der Waals surface area contributed by atoms with Crippen LogP contribution in [0.4, 0.5) is 10.5 Å². The van der Waals surface area contributed by atoms with Crippen LogP contribution in [0.25, 0.3) is 0 Å². The molecule has 0 saturated carbocycles. The fraction of sp³-hybridized carbons (Fsp3) is 0.550. The highest BCUT2D eigenvalue weighted by Gasteiger charge is 2.41. The van der Waals surface area contributed by atoms with Crippen molar-refractivity contribution in [2.45, 2.75) is 58.6 Å². The van der Waals surface area contributed by atoms with E-state index in [9.17, 15) is 9.59 Å². The summed E-state index contributed by atoms with van der Waals surface area (Å²) in [6.45, 7) is 10.6. The van der Waals surface area contributed by atoms with Gasteiger partial charge in [0.05, 0.1) is 18.1 Å². The first kappa shape index (κ1) is 20.4. The molecule has 0 spiro atoms. The summed E-state index contributed by atoms with van der Waals surface area (Å²) in [4.78, 5) is 35.0. The molecule has 0 radical (unpaired) electrons. The molecule has 2 unspecified atom stereocenters. The van der Waals surface area contributed by atoms with Gasteiger partial charge >= 0.3 is 6.09 Å². The molecule has 1 aliphatic heterocycles. The van der Waals surface area contributed by atoms with Crippen molar-refractivity contribution in [3.63, 3.8) is 0 Å². The average molecular weight is 405 g/mol. The minimum atomic E-state index is -0.546. The van der Waals surface area contributed by atoms with Gasteiger partial charge in [0.25, 0.3) is 5.56 Å². The van der Waals surface area contributed by atoms with Crippen molar-refractivity contribution in [1.82, 2.24) is 15.3 Å². The van der Waals surface area contributed by atoms with Gasteiger partial charge in [-0.2, -0.15) is 0 Å². The first-order valence-electron chi connectivity index (χ1n) is 9.60. The molecule has 2 aromatic rings. The molecule has 8 heteroatoms. The van der Waals surface area contributed by atoms with E-state index in [1.54, 1.807) is 11.3 Å². The van der Waals surface area contributed by atoms with Gasteiger partial charge in [0.1, 0.15) is 11.3 Å².